The van der Waals surface area contributed by atoms with E-state index in [2.05, 4.69) is 10.2 Å². The monoisotopic (exact) mass is 379 g/mol. The van der Waals surface area contributed by atoms with Gasteiger partial charge in [-0.25, -0.2) is 5.10 Å². The number of carbonyl (C=O) groups excluding carboxylic acids is 1. The summed E-state index contributed by atoms with van der Waals surface area (Å²) in [5, 5.41) is 7.54. The summed E-state index contributed by atoms with van der Waals surface area (Å²) >= 11 is 0. The summed E-state index contributed by atoms with van der Waals surface area (Å²) in [6.45, 7) is 0.632. The van der Waals surface area contributed by atoms with Crippen molar-refractivity contribution in [1.82, 2.24) is 15.1 Å². The van der Waals surface area contributed by atoms with Crippen LogP contribution in [0.5, 0.6) is 11.5 Å². The highest BCUT2D eigenvalue weighted by atomic mass is 16.5. The van der Waals surface area contributed by atoms with Crippen molar-refractivity contribution in [2.24, 2.45) is 0 Å². The number of nitrogens with one attached hydrogen (secondary N) is 1. The molecule has 3 aromatic rings. The number of nitrogens with zero attached hydrogens (tertiary/aromatic N) is 2. The van der Waals surface area contributed by atoms with E-state index in [1.54, 1.807) is 38.5 Å². The van der Waals surface area contributed by atoms with Crippen LogP contribution in [0.4, 0.5) is 0 Å². The zero-order valence-corrected chi connectivity index (χ0v) is 15.8. The topological polar surface area (TPSA) is 84.5 Å². The molecule has 144 valence electrons. The van der Waals surface area contributed by atoms with Gasteiger partial charge in [0.1, 0.15) is 0 Å². The molecule has 1 aliphatic rings. The number of ether oxygens (including phenoxy) is 2. The lowest BCUT2D eigenvalue weighted by Gasteiger charge is -2.25. The Labute approximate surface area is 161 Å². The highest BCUT2D eigenvalue weighted by molar-refractivity contribution is 6.04. The van der Waals surface area contributed by atoms with Gasteiger partial charge in [-0.05, 0) is 36.6 Å². The minimum atomic E-state index is -0.301. The average Bonchev–Trinajstić information content (AvgIpc) is 3.23. The lowest BCUT2D eigenvalue weighted by Crippen LogP contribution is -2.32. The second kappa shape index (κ2) is 7.34. The first-order valence-electron chi connectivity index (χ1n) is 9.14. The predicted molar refractivity (Wildman–Crippen MR) is 105 cm³/mol. The number of methoxy groups -OCH3 is 2. The van der Waals surface area contributed by atoms with E-state index in [0.717, 1.165) is 18.4 Å². The molecule has 1 aromatic heterocycles. The molecule has 1 fully saturated rings. The van der Waals surface area contributed by atoms with Crippen LogP contribution in [0.1, 0.15) is 34.9 Å². The summed E-state index contributed by atoms with van der Waals surface area (Å²) in [6, 6.07) is 12.7. The maximum absolute atomic E-state index is 13.3. The first kappa shape index (κ1) is 18.0. The Hall–Kier alpha value is -3.35. The van der Waals surface area contributed by atoms with Gasteiger partial charge in [-0.15, -0.1) is 0 Å². The van der Waals surface area contributed by atoms with Crippen molar-refractivity contribution in [3.05, 3.63) is 64.1 Å². The Morgan fingerprint density at radius 1 is 1.11 bits per heavy atom. The standard InChI is InChI=1S/C21H21N3O4/c1-27-17-10-9-13(12-18(17)28-2)16-8-5-11-24(16)21(26)19-14-6-3-4-7-15(14)20(25)23-22-19/h3-4,6-7,9-10,12,16H,5,8,11H2,1-2H3,(H,23,25)/t16-/m1/s1. The maximum Gasteiger partial charge on any atom is 0.275 e. The Morgan fingerprint density at radius 3 is 2.61 bits per heavy atom. The largest absolute Gasteiger partial charge is 0.493 e. The fourth-order valence-electron chi connectivity index (χ4n) is 3.83. The number of hydrogen-bond acceptors (Lipinski definition) is 5. The molecular weight excluding hydrogens is 358 g/mol. The van der Waals surface area contributed by atoms with Crippen LogP contribution >= 0.6 is 0 Å². The number of carbonyl (C=O) groups is 1. The molecule has 0 bridgehead atoms. The van der Waals surface area contributed by atoms with Crippen LogP contribution in [-0.4, -0.2) is 41.8 Å². The summed E-state index contributed by atoms with van der Waals surface area (Å²) < 4.78 is 10.7. The molecule has 7 heteroatoms. The third kappa shape index (κ3) is 2.98. The minimum Gasteiger partial charge on any atom is -0.493 e. The van der Waals surface area contributed by atoms with E-state index < -0.39 is 0 Å². The average molecular weight is 379 g/mol. The van der Waals surface area contributed by atoms with Crippen LogP contribution in [-0.2, 0) is 0 Å². The number of aromatic amines is 1. The zero-order chi connectivity index (χ0) is 19.7. The fraction of sp³-hybridized carbons (Fsp3) is 0.286. The molecule has 2 aromatic carbocycles. The molecule has 1 atom stereocenters. The smallest absolute Gasteiger partial charge is 0.275 e. The van der Waals surface area contributed by atoms with Gasteiger partial charge in [-0.1, -0.05) is 24.3 Å². The third-order valence-electron chi connectivity index (χ3n) is 5.20. The molecule has 2 heterocycles. The molecular formula is C21H21N3O4. The number of fused-ring (bicyclic) bond motifs is 1. The van der Waals surface area contributed by atoms with Crippen molar-refractivity contribution in [2.75, 3.05) is 20.8 Å². The normalized spacial score (nSPS) is 16.4. The van der Waals surface area contributed by atoms with Crippen molar-refractivity contribution in [3.8, 4) is 11.5 Å². The lowest BCUT2D eigenvalue weighted by atomic mass is 10.0. The second-order valence-corrected chi connectivity index (χ2v) is 6.72. The Bertz CT molecular complexity index is 1090. The Balaban J connectivity index is 1.72. The molecule has 1 amide bonds. The number of benzene rings is 2. The van der Waals surface area contributed by atoms with Gasteiger partial charge in [-0.3, -0.25) is 9.59 Å². The van der Waals surface area contributed by atoms with Crippen molar-refractivity contribution in [1.29, 1.82) is 0 Å². The molecule has 0 aliphatic carbocycles. The van der Waals surface area contributed by atoms with E-state index >= 15 is 0 Å². The second-order valence-electron chi connectivity index (χ2n) is 6.72. The van der Waals surface area contributed by atoms with Gasteiger partial charge in [0.2, 0.25) is 0 Å². The molecule has 1 saturated heterocycles. The number of H-pyrrole nitrogens is 1. The first-order valence-corrected chi connectivity index (χ1v) is 9.14. The molecule has 7 nitrogen and oxygen atoms in total. The van der Waals surface area contributed by atoms with Crippen LogP contribution in [0.3, 0.4) is 0 Å². The molecule has 28 heavy (non-hydrogen) atoms. The van der Waals surface area contributed by atoms with Gasteiger partial charge >= 0.3 is 0 Å². The predicted octanol–water partition coefficient (Wildman–Crippen LogP) is 2.92. The summed E-state index contributed by atoms with van der Waals surface area (Å²) in [4.78, 5) is 27.2. The van der Waals surface area contributed by atoms with E-state index in [1.165, 1.54) is 0 Å². The highest BCUT2D eigenvalue weighted by Gasteiger charge is 2.32. The third-order valence-corrected chi connectivity index (χ3v) is 5.20. The number of hydrogen-bond donors (Lipinski definition) is 1. The molecule has 0 unspecified atom stereocenters. The molecule has 1 N–H and O–H groups in total. The fourth-order valence-corrected chi connectivity index (χ4v) is 3.83. The zero-order valence-electron chi connectivity index (χ0n) is 15.8. The van der Waals surface area contributed by atoms with Gasteiger partial charge < -0.3 is 14.4 Å². The Kier molecular flexibility index (Phi) is 4.73. The molecule has 0 radical (unpaired) electrons. The van der Waals surface area contributed by atoms with E-state index in [0.29, 0.717) is 28.8 Å². The number of rotatable bonds is 4. The SMILES string of the molecule is COc1ccc([C@H]2CCCN2C(=O)c2n[nH]c(=O)c3ccccc23)cc1OC. The molecule has 1 aliphatic heterocycles. The van der Waals surface area contributed by atoms with Crippen LogP contribution < -0.4 is 15.0 Å². The van der Waals surface area contributed by atoms with Crippen LogP contribution in [0, 0.1) is 0 Å². The summed E-state index contributed by atoms with van der Waals surface area (Å²) in [7, 11) is 3.19. The number of amides is 1. The Morgan fingerprint density at radius 2 is 1.86 bits per heavy atom. The van der Waals surface area contributed by atoms with E-state index in [1.807, 2.05) is 23.1 Å². The highest BCUT2D eigenvalue weighted by Crippen LogP contribution is 2.37. The van der Waals surface area contributed by atoms with Crippen LogP contribution in [0.2, 0.25) is 0 Å². The van der Waals surface area contributed by atoms with Gasteiger partial charge in [0.25, 0.3) is 11.5 Å². The van der Waals surface area contributed by atoms with Gasteiger partial charge in [0, 0.05) is 11.9 Å². The number of likely N-dealkylation sites (tertiary alicyclic amines) is 1. The summed E-state index contributed by atoms with van der Waals surface area (Å²) in [6.07, 6.45) is 1.74. The van der Waals surface area contributed by atoms with Crippen molar-refractivity contribution >= 4 is 16.7 Å². The summed E-state index contributed by atoms with van der Waals surface area (Å²) in [5.74, 6) is 1.09. The van der Waals surface area contributed by atoms with E-state index in [9.17, 15) is 9.59 Å². The first-order chi connectivity index (χ1) is 13.6. The van der Waals surface area contributed by atoms with Gasteiger partial charge in [-0.2, -0.15) is 5.10 Å². The number of aromatic nitrogens is 2. The van der Waals surface area contributed by atoms with Gasteiger partial charge in [0.15, 0.2) is 17.2 Å². The van der Waals surface area contributed by atoms with Crippen LogP contribution in [0.25, 0.3) is 10.8 Å². The van der Waals surface area contributed by atoms with Crippen molar-refractivity contribution in [2.45, 2.75) is 18.9 Å². The van der Waals surface area contributed by atoms with Crippen molar-refractivity contribution < 1.29 is 14.3 Å². The van der Waals surface area contributed by atoms with E-state index in [4.69, 9.17) is 9.47 Å². The molecule has 0 saturated carbocycles. The van der Waals surface area contributed by atoms with E-state index in [-0.39, 0.29) is 23.2 Å². The lowest BCUT2D eigenvalue weighted by molar-refractivity contribution is 0.0730. The molecule has 4 rings (SSSR count). The maximum atomic E-state index is 13.3. The quantitative estimate of drug-likeness (QED) is 0.753. The van der Waals surface area contributed by atoms with Gasteiger partial charge in [0.05, 0.1) is 25.6 Å². The van der Waals surface area contributed by atoms with Crippen molar-refractivity contribution in [3.63, 3.8) is 0 Å². The molecule has 0 spiro atoms. The minimum absolute atomic E-state index is 0.0835. The van der Waals surface area contributed by atoms with Crippen LogP contribution in [0.15, 0.2) is 47.3 Å². The summed E-state index contributed by atoms with van der Waals surface area (Å²) in [5.41, 5.74) is 0.949.